The van der Waals surface area contributed by atoms with Crippen molar-refractivity contribution in [3.05, 3.63) is 65.7 Å². The van der Waals surface area contributed by atoms with Crippen LogP contribution in [-0.4, -0.2) is 5.78 Å². The Hall–Kier alpha value is -2.09. The standard InChI is InChI=1S/C15H13NO/c1-15(11-7-3-2-4-8-11)14(17)12-9-5-6-10-13(12)16-15/h2-10,16H,1H3/t15-/m0/s1. The molecule has 84 valence electrons. The Kier molecular flexibility index (Phi) is 2.05. The minimum absolute atomic E-state index is 0.138. The molecule has 1 atom stereocenters. The first kappa shape index (κ1) is 10.1. The van der Waals surface area contributed by atoms with E-state index in [1.165, 1.54) is 0 Å². The van der Waals surface area contributed by atoms with Gasteiger partial charge in [-0.3, -0.25) is 4.79 Å². The molecule has 17 heavy (non-hydrogen) atoms. The third-order valence-electron chi connectivity index (χ3n) is 3.36. The molecule has 0 amide bonds. The molecule has 2 aromatic rings. The minimum atomic E-state index is -0.634. The molecule has 1 heterocycles. The maximum absolute atomic E-state index is 12.5. The van der Waals surface area contributed by atoms with E-state index < -0.39 is 5.54 Å². The van der Waals surface area contributed by atoms with Gasteiger partial charge in [-0.1, -0.05) is 42.5 Å². The molecular weight excluding hydrogens is 210 g/mol. The summed E-state index contributed by atoms with van der Waals surface area (Å²) in [6.45, 7) is 1.94. The zero-order valence-corrected chi connectivity index (χ0v) is 9.60. The Morgan fingerprint density at radius 1 is 0.941 bits per heavy atom. The van der Waals surface area contributed by atoms with Gasteiger partial charge in [0.05, 0.1) is 0 Å². The van der Waals surface area contributed by atoms with Gasteiger partial charge in [-0.05, 0) is 24.6 Å². The average Bonchev–Trinajstić information content (AvgIpc) is 2.65. The molecule has 0 aliphatic carbocycles. The van der Waals surface area contributed by atoms with Gasteiger partial charge in [0.1, 0.15) is 5.54 Å². The lowest BCUT2D eigenvalue weighted by atomic mass is 9.88. The molecule has 0 spiro atoms. The second-order valence-electron chi connectivity index (χ2n) is 4.49. The van der Waals surface area contributed by atoms with E-state index in [-0.39, 0.29) is 5.78 Å². The Bertz CT molecular complexity index is 576. The van der Waals surface area contributed by atoms with Crippen LogP contribution in [0.25, 0.3) is 0 Å². The lowest BCUT2D eigenvalue weighted by molar-refractivity contribution is 0.0928. The van der Waals surface area contributed by atoms with Crippen molar-refractivity contribution in [3.63, 3.8) is 0 Å². The van der Waals surface area contributed by atoms with E-state index in [2.05, 4.69) is 5.32 Å². The normalized spacial score (nSPS) is 22.1. The van der Waals surface area contributed by atoms with Crippen LogP contribution < -0.4 is 5.32 Å². The fourth-order valence-electron chi connectivity index (χ4n) is 2.36. The highest BCUT2D eigenvalue weighted by molar-refractivity contribution is 6.13. The van der Waals surface area contributed by atoms with Gasteiger partial charge >= 0.3 is 0 Å². The van der Waals surface area contributed by atoms with Crippen molar-refractivity contribution in [2.75, 3.05) is 5.32 Å². The van der Waals surface area contributed by atoms with Crippen LogP contribution in [0.3, 0.4) is 0 Å². The molecule has 0 fully saturated rings. The Labute approximate surface area is 100 Å². The quantitative estimate of drug-likeness (QED) is 0.804. The number of carbonyl (C=O) groups excluding carboxylic acids is 1. The lowest BCUT2D eigenvalue weighted by Gasteiger charge is -2.23. The smallest absolute Gasteiger partial charge is 0.194 e. The predicted molar refractivity (Wildman–Crippen MR) is 68.2 cm³/mol. The monoisotopic (exact) mass is 223 g/mol. The van der Waals surface area contributed by atoms with Crippen LogP contribution in [0.2, 0.25) is 0 Å². The fourth-order valence-corrected chi connectivity index (χ4v) is 2.36. The summed E-state index contributed by atoms with van der Waals surface area (Å²) in [5, 5.41) is 3.33. The van der Waals surface area contributed by atoms with Crippen LogP contribution >= 0.6 is 0 Å². The molecule has 0 radical (unpaired) electrons. The van der Waals surface area contributed by atoms with Gasteiger partial charge < -0.3 is 5.32 Å². The number of fused-ring (bicyclic) bond motifs is 1. The number of ketones is 1. The molecular formula is C15H13NO. The summed E-state index contributed by atoms with van der Waals surface area (Å²) in [6, 6.07) is 17.5. The maximum Gasteiger partial charge on any atom is 0.194 e. The number of Topliss-reactive ketones (excluding diaryl/α,β-unsaturated/α-hetero) is 1. The third kappa shape index (κ3) is 1.37. The van der Waals surface area contributed by atoms with Crippen molar-refractivity contribution >= 4 is 11.5 Å². The van der Waals surface area contributed by atoms with Crippen LogP contribution in [0, 0.1) is 0 Å². The molecule has 0 saturated carbocycles. The highest BCUT2D eigenvalue weighted by Crippen LogP contribution is 2.38. The molecule has 2 heteroatoms. The fraction of sp³-hybridized carbons (Fsp3) is 0.133. The highest BCUT2D eigenvalue weighted by atomic mass is 16.1. The molecule has 3 rings (SSSR count). The van der Waals surface area contributed by atoms with Gasteiger partial charge in [-0.15, -0.1) is 0 Å². The van der Waals surface area contributed by atoms with Crippen LogP contribution in [0.5, 0.6) is 0 Å². The number of anilines is 1. The van der Waals surface area contributed by atoms with Gasteiger partial charge in [0.15, 0.2) is 5.78 Å². The van der Waals surface area contributed by atoms with Crippen LogP contribution in [0.1, 0.15) is 22.8 Å². The third-order valence-corrected chi connectivity index (χ3v) is 3.36. The Balaban J connectivity index is 2.12. The number of para-hydroxylation sites is 1. The van der Waals surface area contributed by atoms with E-state index in [0.717, 1.165) is 16.8 Å². The lowest BCUT2D eigenvalue weighted by Crippen LogP contribution is -2.34. The van der Waals surface area contributed by atoms with E-state index in [1.807, 2.05) is 61.5 Å². The first-order valence-corrected chi connectivity index (χ1v) is 5.69. The molecule has 2 aromatic carbocycles. The summed E-state index contributed by atoms with van der Waals surface area (Å²) in [7, 11) is 0. The summed E-state index contributed by atoms with van der Waals surface area (Å²) in [5.41, 5.74) is 2.06. The molecule has 1 N–H and O–H groups in total. The highest BCUT2D eigenvalue weighted by Gasteiger charge is 2.42. The predicted octanol–water partition coefficient (Wildman–Crippen LogP) is 3.21. The van der Waals surface area contributed by atoms with E-state index in [0.29, 0.717) is 0 Å². The zero-order chi connectivity index (χ0) is 11.9. The summed E-state index contributed by atoms with van der Waals surface area (Å²) in [5.74, 6) is 0.138. The van der Waals surface area contributed by atoms with Gasteiger partial charge in [0.2, 0.25) is 0 Å². The molecule has 0 unspecified atom stereocenters. The summed E-state index contributed by atoms with van der Waals surface area (Å²) in [6.07, 6.45) is 0. The first-order chi connectivity index (χ1) is 8.22. The number of rotatable bonds is 1. The number of hydrogen-bond donors (Lipinski definition) is 1. The SMILES string of the molecule is C[C@@]1(c2ccccc2)Nc2ccccc2C1=O. The summed E-state index contributed by atoms with van der Waals surface area (Å²) in [4.78, 5) is 12.5. The maximum atomic E-state index is 12.5. The van der Waals surface area contributed by atoms with Gasteiger partial charge in [-0.2, -0.15) is 0 Å². The topological polar surface area (TPSA) is 29.1 Å². The molecule has 1 aliphatic rings. The number of carbonyl (C=O) groups is 1. The second kappa shape index (κ2) is 3.45. The van der Waals surface area contributed by atoms with Crippen LogP contribution in [0.15, 0.2) is 54.6 Å². The van der Waals surface area contributed by atoms with Crippen molar-refractivity contribution in [2.45, 2.75) is 12.5 Å². The van der Waals surface area contributed by atoms with Crippen LogP contribution in [0.4, 0.5) is 5.69 Å². The van der Waals surface area contributed by atoms with Gasteiger partial charge in [0, 0.05) is 11.3 Å². The van der Waals surface area contributed by atoms with Crippen molar-refractivity contribution < 1.29 is 4.79 Å². The van der Waals surface area contributed by atoms with E-state index in [4.69, 9.17) is 0 Å². The molecule has 2 nitrogen and oxygen atoms in total. The van der Waals surface area contributed by atoms with Gasteiger partial charge in [-0.25, -0.2) is 0 Å². The first-order valence-electron chi connectivity index (χ1n) is 5.69. The molecule has 0 bridgehead atoms. The number of hydrogen-bond acceptors (Lipinski definition) is 2. The Morgan fingerprint density at radius 2 is 1.59 bits per heavy atom. The van der Waals surface area contributed by atoms with E-state index in [9.17, 15) is 4.79 Å². The minimum Gasteiger partial charge on any atom is -0.369 e. The van der Waals surface area contributed by atoms with E-state index >= 15 is 0 Å². The van der Waals surface area contributed by atoms with Crippen molar-refractivity contribution in [1.82, 2.24) is 0 Å². The second-order valence-corrected chi connectivity index (χ2v) is 4.49. The van der Waals surface area contributed by atoms with Gasteiger partial charge in [0.25, 0.3) is 0 Å². The number of benzene rings is 2. The molecule has 1 aliphatic heterocycles. The molecule has 0 aromatic heterocycles. The van der Waals surface area contributed by atoms with Crippen molar-refractivity contribution in [2.24, 2.45) is 0 Å². The van der Waals surface area contributed by atoms with Crippen molar-refractivity contribution in [1.29, 1.82) is 0 Å². The molecule has 0 saturated heterocycles. The average molecular weight is 223 g/mol. The largest absolute Gasteiger partial charge is 0.369 e. The summed E-state index contributed by atoms with van der Waals surface area (Å²) >= 11 is 0. The number of nitrogens with one attached hydrogen (secondary N) is 1. The van der Waals surface area contributed by atoms with E-state index in [1.54, 1.807) is 0 Å². The van der Waals surface area contributed by atoms with Crippen LogP contribution in [-0.2, 0) is 5.54 Å². The zero-order valence-electron chi connectivity index (χ0n) is 9.60. The van der Waals surface area contributed by atoms with Crippen molar-refractivity contribution in [3.8, 4) is 0 Å². The Morgan fingerprint density at radius 3 is 2.29 bits per heavy atom. The summed E-state index contributed by atoms with van der Waals surface area (Å²) < 4.78 is 0.